The second kappa shape index (κ2) is 10.0. The van der Waals surface area contributed by atoms with Gasteiger partial charge in [0.25, 0.3) is 5.91 Å². The van der Waals surface area contributed by atoms with E-state index in [1.807, 2.05) is 23.1 Å². The van der Waals surface area contributed by atoms with Gasteiger partial charge < -0.3 is 10.1 Å². The van der Waals surface area contributed by atoms with Gasteiger partial charge >= 0.3 is 0 Å². The lowest BCUT2D eigenvalue weighted by molar-refractivity contribution is 0.0162. The number of nitrogens with zero attached hydrogens (tertiary/aromatic N) is 4. The summed E-state index contributed by atoms with van der Waals surface area (Å²) < 4.78 is 20.8. The smallest absolute Gasteiger partial charge is 0.252 e. The maximum absolute atomic E-state index is 13.5. The minimum absolute atomic E-state index is 0.0755. The van der Waals surface area contributed by atoms with E-state index >= 15 is 0 Å². The van der Waals surface area contributed by atoms with Crippen LogP contribution in [0.1, 0.15) is 32.5 Å². The van der Waals surface area contributed by atoms with E-state index in [-0.39, 0.29) is 17.8 Å². The molecule has 1 aliphatic rings. The van der Waals surface area contributed by atoms with Crippen molar-refractivity contribution in [3.63, 3.8) is 0 Å². The molecule has 0 aliphatic carbocycles. The number of nitrogens with one attached hydrogen (secondary N) is 1. The first-order valence-electron chi connectivity index (χ1n) is 11.3. The number of halogens is 1. The highest BCUT2D eigenvalue weighted by atomic mass is 32.1. The van der Waals surface area contributed by atoms with Gasteiger partial charge in [0.15, 0.2) is 5.65 Å². The lowest BCUT2D eigenvalue weighted by Gasteiger charge is -2.35. The number of pyridine rings is 1. The Morgan fingerprint density at radius 2 is 2.03 bits per heavy atom. The number of hydrogen-bond donors (Lipinski definition) is 1. The van der Waals surface area contributed by atoms with Gasteiger partial charge in [0.05, 0.1) is 42.9 Å². The molecule has 0 bridgehead atoms. The fourth-order valence-electron chi connectivity index (χ4n) is 4.34. The lowest BCUT2D eigenvalue weighted by Crippen LogP contribution is -2.43. The number of amides is 1. The number of benzene rings is 1. The molecule has 0 spiro atoms. The van der Waals surface area contributed by atoms with Crippen LogP contribution in [-0.4, -0.2) is 58.4 Å². The number of carbonyl (C=O) groups excluding carboxylic acids is 1. The highest BCUT2D eigenvalue weighted by molar-refractivity contribution is 7.09. The van der Waals surface area contributed by atoms with Crippen molar-refractivity contribution >= 4 is 28.3 Å². The molecule has 1 aromatic carbocycles. The zero-order valence-electron chi connectivity index (χ0n) is 18.9. The summed E-state index contributed by atoms with van der Waals surface area (Å²) in [6.45, 7) is 5.68. The Labute approximate surface area is 201 Å². The highest BCUT2D eigenvalue weighted by Crippen LogP contribution is 2.23. The summed E-state index contributed by atoms with van der Waals surface area (Å²) in [5.74, 6) is -0.450. The fourth-order valence-corrected chi connectivity index (χ4v) is 5.03. The second-order valence-electron chi connectivity index (χ2n) is 8.36. The summed E-state index contributed by atoms with van der Waals surface area (Å²) in [6, 6.07) is 12.3. The quantitative estimate of drug-likeness (QED) is 0.437. The third-order valence-electron chi connectivity index (χ3n) is 6.06. The fraction of sp³-hybridized carbons (Fsp3) is 0.320. The van der Waals surface area contributed by atoms with E-state index < -0.39 is 0 Å². The number of thiophene rings is 1. The van der Waals surface area contributed by atoms with Crippen LogP contribution in [0.5, 0.6) is 0 Å². The minimum Gasteiger partial charge on any atom is -0.379 e. The molecule has 1 atom stereocenters. The summed E-state index contributed by atoms with van der Waals surface area (Å²) in [5.41, 5.74) is 2.97. The van der Waals surface area contributed by atoms with Crippen LogP contribution < -0.4 is 5.32 Å². The van der Waals surface area contributed by atoms with Crippen LogP contribution in [0.2, 0.25) is 0 Å². The number of morpholine rings is 1. The zero-order chi connectivity index (χ0) is 23.5. The van der Waals surface area contributed by atoms with E-state index in [1.54, 1.807) is 35.7 Å². The average Bonchev–Trinajstić information content (AvgIpc) is 3.51. The number of ether oxygens (including phenoxy) is 1. The van der Waals surface area contributed by atoms with Gasteiger partial charge in [-0.25, -0.2) is 14.1 Å². The molecule has 4 aromatic rings. The molecular formula is C25H26FN5O2S. The first kappa shape index (κ1) is 22.6. The summed E-state index contributed by atoms with van der Waals surface area (Å²) in [5, 5.41) is 10.4. The molecule has 9 heteroatoms. The number of aryl methyl sites for hydroxylation is 1. The van der Waals surface area contributed by atoms with Crippen LogP contribution in [0.4, 0.5) is 4.39 Å². The van der Waals surface area contributed by atoms with Gasteiger partial charge in [-0.3, -0.25) is 9.69 Å². The van der Waals surface area contributed by atoms with Gasteiger partial charge in [-0.05, 0) is 42.1 Å². The average molecular weight is 480 g/mol. The van der Waals surface area contributed by atoms with Crippen LogP contribution in [-0.2, 0) is 11.3 Å². The second-order valence-corrected chi connectivity index (χ2v) is 9.39. The van der Waals surface area contributed by atoms with Gasteiger partial charge in [-0.1, -0.05) is 18.2 Å². The van der Waals surface area contributed by atoms with E-state index in [0.29, 0.717) is 37.5 Å². The minimum atomic E-state index is -0.275. The summed E-state index contributed by atoms with van der Waals surface area (Å²) in [4.78, 5) is 21.4. The normalized spacial score (nSPS) is 15.5. The van der Waals surface area contributed by atoms with E-state index in [2.05, 4.69) is 26.4 Å². The van der Waals surface area contributed by atoms with Crippen LogP contribution in [0.15, 0.2) is 54.0 Å². The van der Waals surface area contributed by atoms with Crippen molar-refractivity contribution in [3.8, 4) is 0 Å². The summed E-state index contributed by atoms with van der Waals surface area (Å²) in [7, 11) is 0. The van der Waals surface area contributed by atoms with E-state index in [1.165, 1.54) is 17.0 Å². The van der Waals surface area contributed by atoms with Crippen molar-refractivity contribution in [1.29, 1.82) is 0 Å². The van der Waals surface area contributed by atoms with Crippen molar-refractivity contribution in [2.75, 3.05) is 32.8 Å². The van der Waals surface area contributed by atoms with Crippen molar-refractivity contribution < 1.29 is 13.9 Å². The number of carbonyl (C=O) groups is 1. The Hall–Kier alpha value is -3.14. The van der Waals surface area contributed by atoms with Crippen molar-refractivity contribution in [1.82, 2.24) is 25.0 Å². The van der Waals surface area contributed by atoms with Crippen molar-refractivity contribution in [2.24, 2.45) is 0 Å². The van der Waals surface area contributed by atoms with Gasteiger partial charge in [-0.2, -0.15) is 5.10 Å². The molecule has 4 heterocycles. The Morgan fingerprint density at radius 3 is 2.76 bits per heavy atom. The van der Waals surface area contributed by atoms with E-state index in [9.17, 15) is 9.18 Å². The topological polar surface area (TPSA) is 72.3 Å². The van der Waals surface area contributed by atoms with Crippen molar-refractivity contribution in [3.05, 3.63) is 81.6 Å². The molecule has 0 radical (unpaired) electrons. The maximum atomic E-state index is 13.5. The van der Waals surface area contributed by atoms with Crippen molar-refractivity contribution in [2.45, 2.75) is 19.5 Å². The molecule has 176 valence electrons. The predicted molar refractivity (Wildman–Crippen MR) is 130 cm³/mol. The Kier molecular flexibility index (Phi) is 6.66. The number of fused-ring (bicyclic) bond motifs is 1. The highest BCUT2D eigenvalue weighted by Gasteiger charge is 2.24. The third kappa shape index (κ3) is 4.86. The summed E-state index contributed by atoms with van der Waals surface area (Å²) in [6.07, 6.45) is 1.71. The molecule has 1 amide bonds. The number of hydrogen-bond acceptors (Lipinski definition) is 6. The third-order valence-corrected chi connectivity index (χ3v) is 6.93. The van der Waals surface area contributed by atoms with E-state index in [4.69, 9.17) is 4.74 Å². The first-order valence-corrected chi connectivity index (χ1v) is 12.2. The number of rotatable bonds is 7. The Morgan fingerprint density at radius 1 is 1.24 bits per heavy atom. The SMILES string of the molecule is Cc1cc(C(=O)NCC(c2ccc(F)cc2)N2CCOCC2)c2cnn(Cc3cccs3)c2n1. The standard InChI is InChI=1S/C25H26FN5O2S/c1-17-13-21(22-14-28-31(24(22)29-17)16-20-3-2-12-34-20)25(32)27-15-23(30-8-10-33-11-9-30)18-4-6-19(26)7-5-18/h2-7,12-14,23H,8-11,15-16H2,1H3,(H,27,32). The Bertz CT molecular complexity index is 1270. The molecule has 0 saturated carbocycles. The van der Waals surface area contributed by atoms with Gasteiger partial charge in [0.2, 0.25) is 0 Å². The molecular weight excluding hydrogens is 453 g/mol. The van der Waals surface area contributed by atoms with Crippen LogP contribution >= 0.6 is 11.3 Å². The zero-order valence-corrected chi connectivity index (χ0v) is 19.7. The molecule has 1 N–H and O–H groups in total. The van der Waals surface area contributed by atoms with E-state index in [0.717, 1.165) is 29.7 Å². The molecule has 3 aromatic heterocycles. The Balaban J connectivity index is 1.38. The van der Waals surface area contributed by atoms with Crippen LogP contribution in [0, 0.1) is 12.7 Å². The molecule has 1 unspecified atom stereocenters. The molecule has 1 fully saturated rings. The molecule has 1 aliphatic heterocycles. The van der Waals surface area contributed by atoms with Gasteiger partial charge in [0, 0.05) is 30.2 Å². The summed E-state index contributed by atoms with van der Waals surface area (Å²) >= 11 is 1.66. The maximum Gasteiger partial charge on any atom is 0.252 e. The number of aromatic nitrogens is 3. The van der Waals surface area contributed by atoms with Gasteiger partial charge in [0.1, 0.15) is 5.82 Å². The van der Waals surface area contributed by atoms with Crippen LogP contribution in [0.3, 0.4) is 0 Å². The predicted octanol–water partition coefficient (Wildman–Crippen LogP) is 3.79. The van der Waals surface area contributed by atoms with Gasteiger partial charge in [-0.15, -0.1) is 11.3 Å². The lowest BCUT2D eigenvalue weighted by atomic mass is 10.0. The molecule has 34 heavy (non-hydrogen) atoms. The molecule has 7 nitrogen and oxygen atoms in total. The largest absolute Gasteiger partial charge is 0.379 e. The molecule has 5 rings (SSSR count). The molecule has 1 saturated heterocycles. The first-order chi connectivity index (χ1) is 16.6. The monoisotopic (exact) mass is 479 g/mol. The van der Waals surface area contributed by atoms with Crippen LogP contribution in [0.25, 0.3) is 11.0 Å².